The molecule has 2 unspecified atom stereocenters. The molecule has 1 heterocycles. The summed E-state index contributed by atoms with van der Waals surface area (Å²) in [6.07, 6.45) is 8.72. The summed E-state index contributed by atoms with van der Waals surface area (Å²) in [7, 11) is 0. The first-order valence-corrected chi connectivity index (χ1v) is 8.88. The van der Waals surface area contributed by atoms with Gasteiger partial charge in [0.25, 0.3) is 0 Å². The number of rotatable bonds is 5. The fourth-order valence-corrected chi connectivity index (χ4v) is 3.99. The van der Waals surface area contributed by atoms with Crippen LogP contribution in [0, 0.1) is 5.92 Å². The molecule has 2 rings (SSSR count). The van der Waals surface area contributed by atoms with Gasteiger partial charge >= 0.3 is 0 Å². The molecular weight excluding hydrogens is 314 g/mol. The Hall–Kier alpha value is -0.350. The summed E-state index contributed by atoms with van der Waals surface area (Å²) >= 11 is 3.74. The van der Waals surface area contributed by atoms with Crippen LogP contribution in [0.5, 0.6) is 0 Å². The second kappa shape index (κ2) is 7.60. The van der Waals surface area contributed by atoms with Crippen LogP contribution in [0.4, 0.5) is 0 Å². The van der Waals surface area contributed by atoms with Crippen LogP contribution in [0.25, 0.3) is 0 Å². The molecule has 1 aliphatic rings. The number of nitrogens with one attached hydrogen (secondary N) is 1. The molecule has 0 bridgehead atoms. The first kappa shape index (κ1) is 16.0. The summed E-state index contributed by atoms with van der Waals surface area (Å²) in [5.41, 5.74) is 1.42. The zero-order valence-corrected chi connectivity index (χ0v) is 14.6. The Morgan fingerprint density at radius 3 is 2.80 bits per heavy atom. The molecule has 2 atom stereocenters. The molecular formula is C16H28BrN3. The molecule has 1 fully saturated rings. The highest BCUT2D eigenvalue weighted by atomic mass is 79.9. The number of hydrogen-bond donors (Lipinski definition) is 1. The lowest BCUT2D eigenvalue weighted by atomic mass is 9.85. The van der Waals surface area contributed by atoms with Gasteiger partial charge in [-0.05, 0) is 61.6 Å². The van der Waals surface area contributed by atoms with Crippen molar-refractivity contribution in [3.63, 3.8) is 0 Å². The van der Waals surface area contributed by atoms with E-state index in [4.69, 9.17) is 0 Å². The first-order chi connectivity index (χ1) is 9.65. The van der Waals surface area contributed by atoms with Gasteiger partial charge in [0.15, 0.2) is 0 Å². The highest BCUT2D eigenvalue weighted by Gasteiger charge is 2.29. The lowest BCUT2D eigenvalue weighted by molar-refractivity contribution is 0.351. The number of halogens is 1. The van der Waals surface area contributed by atoms with Gasteiger partial charge in [-0.2, -0.15) is 5.10 Å². The van der Waals surface area contributed by atoms with Gasteiger partial charge in [-0.1, -0.05) is 26.2 Å². The van der Waals surface area contributed by atoms with E-state index in [0.717, 1.165) is 19.0 Å². The molecule has 1 N–H and O–H groups in total. The molecule has 0 saturated heterocycles. The quantitative estimate of drug-likeness (QED) is 0.799. The van der Waals surface area contributed by atoms with E-state index in [1.165, 1.54) is 42.3 Å². The van der Waals surface area contributed by atoms with Crippen LogP contribution in [0.1, 0.15) is 70.5 Å². The van der Waals surface area contributed by atoms with Gasteiger partial charge in [0, 0.05) is 12.0 Å². The normalized spacial score (nSPS) is 24.1. The van der Waals surface area contributed by atoms with E-state index in [0.29, 0.717) is 12.0 Å². The van der Waals surface area contributed by atoms with E-state index in [1.807, 2.05) is 6.20 Å². The van der Waals surface area contributed by atoms with Crippen molar-refractivity contribution in [3.8, 4) is 0 Å². The second-order valence-corrected chi connectivity index (χ2v) is 7.08. The van der Waals surface area contributed by atoms with Crippen LogP contribution >= 0.6 is 15.9 Å². The van der Waals surface area contributed by atoms with Gasteiger partial charge in [0.05, 0.1) is 16.4 Å². The zero-order valence-electron chi connectivity index (χ0n) is 13.0. The Morgan fingerprint density at radius 2 is 2.10 bits per heavy atom. The Balaban J connectivity index is 2.27. The average molecular weight is 342 g/mol. The molecule has 0 aliphatic heterocycles. The van der Waals surface area contributed by atoms with Gasteiger partial charge in [-0.15, -0.1) is 0 Å². The minimum atomic E-state index is 0.430. The Labute approximate surface area is 131 Å². The highest BCUT2D eigenvalue weighted by molar-refractivity contribution is 9.10. The maximum Gasteiger partial charge on any atom is 0.0635 e. The largest absolute Gasteiger partial charge is 0.317 e. The standard InChI is InChI=1S/C16H28BrN3/c1-4-18-10-13-8-6-5-7-9-14(13)16-15(17)11-19-20(16)12(2)3/h11-14,18H,4-10H2,1-3H3. The Bertz CT molecular complexity index is 414. The maximum atomic E-state index is 4.59. The van der Waals surface area contributed by atoms with Gasteiger partial charge in [0.2, 0.25) is 0 Å². The van der Waals surface area contributed by atoms with E-state index >= 15 is 0 Å². The molecule has 0 spiro atoms. The van der Waals surface area contributed by atoms with Crippen molar-refractivity contribution in [2.75, 3.05) is 13.1 Å². The van der Waals surface area contributed by atoms with Crippen molar-refractivity contribution >= 4 is 15.9 Å². The topological polar surface area (TPSA) is 29.9 Å². The van der Waals surface area contributed by atoms with Crippen molar-refractivity contribution in [3.05, 3.63) is 16.4 Å². The zero-order chi connectivity index (χ0) is 14.5. The van der Waals surface area contributed by atoms with Crippen LogP contribution < -0.4 is 5.32 Å². The third kappa shape index (κ3) is 3.64. The molecule has 0 radical (unpaired) electrons. The summed E-state index contributed by atoms with van der Waals surface area (Å²) in [5, 5.41) is 8.15. The first-order valence-electron chi connectivity index (χ1n) is 8.08. The molecule has 0 aromatic carbocycles. The predicted octanol–water partition coefficient (Wildman–Crippen LogP) is 4.50. The Kier molecular flexibility index (Phi) is 6.09. The van der Waals surface area contributed by atoms with Crippen molar-refractivity contribution in [2.24, 2.45) is 5.92 Å². The van der Waals surface area contributed by atoms with Gasteiger partial charge in [-0.3, -0.25) is 4.68 Å². The molecule has 1 aromatic heterocycles. The highest BCUT2D eigenvalue weighted by Crippen LogP contribution is 2.40. The third-order valence-electron chi connectivity index (χ3n) is 4.44. The average Bonchev–Trinajstić information content (AvgIpc) is 2.67. The summed E-state index contributed by atoms with van der Waals surface area (Å²) in [6, 6.07) is 0.430. The van der Waals surface area contributed by atoms with Crippen molar-refractivity contribution in [1.29, 1.82) is 0 Å². The summed E-state index contributed by atoms with van der Waals surface area (Å²) in [5.74, 6) is 1.37. The van der Waals surface area contributed by atoms with Crippen LogP contribution in [0.2, 0.25) is 0 Å². The van der Waals surface area contributed by atoms with Crippen LogP contribution in [-0.4, -0.2) is 22.9 Å². The smallest absolute Gasteiger partial charge is 0.0635 e. The molecule has 1 saturated carbocycles. The monoisotopic (exact) mass is 341 g/mol. The predicted molar refractivity (Wildman–Crippen MR) is 88.2 cm³/mol. The molecule has 1 aliphatic carbocycles. The number of hydrogen-bond acceptors (Lipinski definition) is 2. The summed E-state index contributed by atoms with van der Waals surface area (Å²) in [4.78, 5) is 0. The van der Waals surface area contributed by atoms with E-state index in [9.17, 15) is 0 Å². The lowest BCUT2D eigenvalue weighted by Gasteiger charge is -2.27. The number of aromatic nitrogens is 2. The van der Waals surface area contributed by atoms with E-state index in [2.05, 4.69) is 51.8 Å². The lowest BCUT2D eigenvalue weighted by Crippen LogP contribution is -2.28. The van der Waals surface area contributed by atoms with Crippen LogP contribution in [0.3, 0.4) is 0 Å². The molecule has 114 valence electrons. The molecule has 20 heavy (non-hydrogen) atoms. The minimum Gasteiger partial charge on any atom is -0.317 e. The fraction of sp³-hybridized carbons (Fsp3) is 0.812. The molecule has 3 nitrogen and oxygen atoms in total. The summed E-state index contributed by atoms with van der Waals surface area (Å²) in [6.45, 7) is 8.84. The molecule has 0 amide bonds. The van der Waals surface area contributed by atoms with Crippen LogP contribution in [0.15, 0.2) is 10.7 Å². The maximum absolute atomic E-state index is 4.59. The van der Waals surface area contributed by atoms with Crippen molar-refractivity contribution in [2.45, 2.75) is 64.8 Å². The van der Waals surface area contributed by atoms with E-state index in [-0.39, 0.29) is 0 Å². The van der Waals surface area contributed by atoms with Gasteiger partial charge in [-0.25, -0.2) is 0 Å². The van der Waals surface area contributed by atoms with Crippen molar-refractivity contribution < 1.29 is 0 Å². The molecule has 4 heteroatoms. The van der Waals surface area contributed by atoms with E-state index < -0.39 is 0 Å². The number of nitrogens with zero attached hydrogens (tertiary/aromatic N) is 2. The second-order valence-electron chi connectivity index (χ2n) is 6.23. The SMILES string of the molecule is CCNCC1CCCCCC1c1c(Br)cnn1C(C)C. The molecule has 1 aromatic rings. The van der Waals surface area contributed by atoms with Crippen LogP contribution in [-0.2, 0) is 0 Å². The third-order valence-corrected chi connectivity index (χ3v) is 5.05. The summed E-state index contributed by atoms with van der Waals surface area (Å²) < 4.78 is 3.42. The van der Waals surface area contributed by atoms with Gasteiger partial charge in [0.1, 0.15) is 0 Å². The van der Waals surface area contributed by atoms with E-state index in [1.54, 1.807) is 0 Å². The fourth-order valence-electron chi connectivity index (χ4n) is 3.43. The minimum absolute atomic E-state index is 0.430. The van der Waals surface area contributed by atoms with Gasteiger partial charge < -0.3 is 5.32 Å². The Morgan fingerprint density at radius 1 is 1.35 bits per heavy atom. The van der Waals surface area contributed by atoms with Crippen molar-refractivity contribution in [1.82, 2.24) is 15.1 Å².